The van der Waals surface area contributed by atoms with Crippen LogP contribution in [0, 0.1) is 17.8 Å². The Bertz CT molecular complexity index is 1010. The van der Waals surface area contributed by atoms with Crippen molar-refractivity contribution in [2.24, 2.45) is 23.5 Å². The number of hydrogen-bond acceptors (Lipinski definition) is 3. The van der Waals surface area contributed by atoms with Crippen LogP contribution in [0.1, 0.15) is 30.4 Å². The van der Waals surface area contributed by atoms with E-state index in [2.05, 4.69) is 45.2 Å². The molecule has 3 aromatic rings. The van der Waals surface area contributed by atoms with E-state index in [1.54, 1.807) is 0 Å². The van der Waals surface area contributed by atoms with Gasteiger partial charge in [0.2, 0.25) is 5.91 Å². The lowest BCUT2D eigenvalue weighted by atomic mass is 9.84. The molecule has 1 amide bonds. The lowest BCUT2D eigenvalue weighted by Crippen LogP contribution is -2.45. The van der Waals surface area contributed by atoms with Gasteiger partial charge in [0.1, 0.15) is 0 Å². The number of nitrogens with one attached hydrogen (secondary N) is 1. The van der Waals surface area contributed by atoms with Crippen molar-refractivity contribution in [1.29, 1.82) is 0 Å². The molecule has 0 radical (unpaired) electrons. The summed E-state index contributed by atoms with van der Waals surface area (Å²) in [5.41, 5.74) is 10.8. The number of nitrogens with zero attached hydrogens (tertiary/aromatic N) is 2. The summed E-state index contributed by atoms with van der Waals surface area (Å²) in [5, 5.41) is 3.13. The Balaban J connectivity index is 1.25. The van der Waals surface area contributed by atoms with Crippen molar-refractivity contribution in [3.05, 3.63) is 66.0 Å². The first-order chi connectivity index (χ1) is 13.7. The van der Waals surface area contributed by atoms with Crippen molar-refractivity contribution >= 4 is 16.9 Å². The summed E-state index contributed by atoms with van der Waals surface area (Å²) in [7, 11) is 0. The van der Waals surface area contributed by atoms with Crippen molar-refractivity contribution in [2.75, 3.05) is 0 Å². The zero-order chi connectivity index (χ0) is 19.1. The summed E-state index contributed by atoms with van der Waals surface area (Å²) in [5.74, 6) is 1.17. The van der Waals surface area contributed by atoms with Crippen LogP contribution < -0.4 is 11.1 Å². The van der Waals surface area contributed by atoms with Crippen LogP contribution >= 0.6 is 0 Å². The first kappa shape index (κ1) is 17.4. The molecule has 5 heteroatoms. The minimum Gasteiger partial charge on any atom is -0.352 e. The fraction of sp³-hybridized carbons (Fsp3) is 0.391. The molecular formula is C23H26N4O. The van der Waals surface area contributed by atoms with E-state index in [0.717, 1.165) is 36.0 Å². The molecule has 2 fully saturated rings. The standard InChI is InChI=1S/C23H26N4O/c24-22-18-9-8-17(11-18)21(22)23(28)25-12-15-4-3-5-16(10-15)13-27-14-26-19-6-1-2-7-20(19)27/h1-7,10,14,17-18,21-22H,8-9,11-13,24H2,(H,25,28). The van der Waals surface area contributed by atoms with Gasteiger partial charge in [0.25, 0.3) is 0 Å². The van der Waals surface area contributed by atoms with E-state index >= 15 is 0 Å². The molecule has 4 unspecified atom stereocenters. The maximum atomic E-state index is 12.7. The fourth-order valence-corrected chi connectivity index (χ4v) is 5.20. The molecule has 2 saturated carbocycles. The van der Waals surface area contributed by atoms with E-state index in [0.29, 0.717) is 18.4 Å². The number of rotatable bonds is 5. The lowest BCUT2D eigenvalue weighted by molar-refractivity contribution is -0.127. The SMILES string of the molecule is NC1C2CCC(C2)C1C(=O)NCc1cccc(Cn2cnc3ccccc32)c1. The van der Waals surface area contributed by atoms with Gasteiger partial charge in [-0.05, 0) is 54.4 Å². The third-order valence-corrected chi connectivity index (χ3v) is 6.62. The number of carbonyl (C=O) groups excluding carboxylic acids is 1. The molecule has 144 valence electrons. The molecule has 1 heterocycles. The number of amides is 1. The molecule has 0 spiro atoms. The molecule has 2 aliphatic carbocycles. The first-order valence-electron chi connectivity index (χ1n) is 10.2. The van der Waals surface area contributed by atoms with E-state index in [-0.39, 0.29) is 17.9 Å². The number of imidazole rings is 1. The molecule has 0 aliphatic heterocycles. The highest BCUT2D eigenvalue weighted by molar-refractivity contribution is 5.80. The quantitative estimate of drug-likeness (QED) is 0.721. The molecule has 2 aliphatic rings. The Morgan fingerprint density at radius 1 is 1.11 bits per heavy atom. The van der Waals surface area contributed by atoms with Crippen molar-refractivity contribution in [3.8, 4) is 0 Å². The average molecular weight is 374 g/mol. The smallest absolute Gasteiger partial charge is 0.225 e. The second-order valence-electron chi connectivity index (χ2n) is 8.34. The second-order valence-corrected chi connectivity index (χ2v) is 8.34. The summed E-state index contributed by atoms with van der Waals surface area (Å²) >= 11 is 0. The van der Waals surface area contributed by atoms with Gasteiger partial charge in [0, 0.05) is 19.1 Å². The van der Waals surface area contributed by atoms with Gasteiger partial charge in [0.05, 0.1) is 23.3 Å². The lowest BCUT2D eigenvalue weighted by Gasteiger charge is -2.27. The number of carbonyl (C=O) groups is 1. The second kappa shape index (κ2) is 7.06. The van der Waals surface area contributed by atoms with E-state index in [9.17, 15) is 4.79 Å². The van der Waals surface area contributed by atoms with Crippen molar-refractivity contribution in [2.45, 2.75) is 38.4 Å². The maximum Gasteiger partial charge on any atom is 0.225 e. The molecule has 1 aromatic heterocycles. The van der Waals surface area contributed by atoms with Gasteiger partial charge in [-0.1, -0.05) is 36.4 Å². The predicted octanol–water partition coefficient (Wildman–Crippen LogP) is 3.07. The molecule has 4 atom stereocenters. The third-order valence-electron chi connectivity index (χ3n) is 6.62. The maximum absolute atomic E-state index is 12.7. The largest absolute Gasteiger partial charge is 0.352 e. The van der Waals surface area contributed by atoms with Crippen molar-refractivity contribution in [1.82, 2.24) is 14.9 Å². The molecule has 2 aromatic carbocycles. The van der Waals surface area contributed by atoms with E-state index in [1.807, 2.05) is 24.5 Å². The summed E-state index contributed by atoms with van der Waals surface area (Å²) < 4.78 is 2.15. The molecule has 5 rings (SSSR count). The number of aromatic nitrogens is 2. The van der Waals surface area contributed by atoms with Gasteiger partial charge in [-0.3, -0.25) is 4.79 Å². The van der Waals surface area contributed by atoms with Crippen LogP contribution in [0.5, 0.6) is 0 Å². The van der Waals surface area contributed by atoms with Crippen LogP contribution in [-0.2, 0) is 17.9 Å². The van der Waals surface area contributed by atoms with Crippen molar-refractivity contribution in [3.63, 3.8) is 0 Å². The number of para-hydroxylation sites is 2. The van der Waals surface area contributed by atoms with Crippen molar-refractivity contribution < 1.29 is 4.79 Å². The van der Waals surface area contributed by atoms with Crippen LogP contribution in [-0.4, -0.2) is 21.5 Å². The first-order valence-corrected chi connectivity index (χ1v) is 10.2. The Kier molecular flexibility index (Phi) is 4.40. The number of benzene rings is 2. The monoisotopic (exact) mass is 374 g/mol. The van der Waals surface area contributed by atoms with Gasteiger partial charge >= 0.3 is 0 Å². The van der Waals surface area contributed by atoms with E-state index in [1.165, 1.54) is 12.0 Å². The number of nitrogens with two attached hydrogens (primary N) is 1. The number of hydrogen-bond donors (Lipinski definition) is 2. The van der Waals surface area contributed by atoms with E-state index in [4.69, 9.17) is 5.73 Å². The van der Waals surface area contributed by atoms with Crippen LogP contribution in [0.15, 0.2) is 54.9 Å². The van der Waals surface area contributed by atoms with Crippen LogP contribution in [0.3, 0.4) is 0 Å². The van der Waals surface area contributed by atoms with Crippen LogP contribution in [0.25, 0.3) is 11.0 Å². The Labute approximate surface area is 164 Å². The van der Waals surface area contributed by atoms with E-state index < -0.39 is 0 Å². The Morgan fingerprint density at radius 3 is 2.79 bits per heavy atom. The normalized spacial score (nSPS) is 26.0. The van der Waals surface area contributed by atoms with Gasteiger partial charge in [-0.15, -0.1) is 0 Å². The topological polar surface area (TPSA) is 72.9 Å². The summed E-state index contributed by atoms with van der Waals surface area (Å²) in [4.78, 5) is 17.2. The highest BCUT2D eigenvalue weighted by atomic mass is 16.1. The molecule has 0 saturated heterocycles. The third kappa shape index (κ3) is 3.10. The van der Waals surface area contributed by atoms with Gasteiger partial charge in [0.15, 0.2) is 0 Å². The highest BCUT2D eigenvalue weighted by Gasteiger charge is 2.48. The highest BCUT2D eigenvalue weighted by Crippen LogP contribution is 2.47. The average Bonchev–Trinajstić information content (AvgIpc) is 3.42. The van der Waals surface area contributed by atoms with Crippen LogP contribution in [0.4, 0.5) is 0 Å². The molecule has 3 N–H and O–H groups in total. The van der Waals surface area contributed by atoms with Gasteiger partial charge in [-0.25, -0.2) is 4.98 Å². The van der Waals surface area contributed by atoms with Gasteiger partial charge < -0.3 is 15.6 Å². The predicted molar refractivity (Wildman–Crippen MR) is 109 cm³/mol. The van der Waals surface area contributed by atoms with Crippen LogP contribution in [0.2, 0.25) is 0 Å². The Hall–Kier alpha value is -2.66. The zero-order valence-electron chi connectivity index (χ0n) is 15.9. The summed E-state index contributed by atoms with van der Waals surface area (Å²) in [6, 6.07) is 16.6. The summed E-state index contributed by atoms with van der Waals surface area (Å²) in [6.45, 7) is 1.32. The molecule has 28 heavy (non-hydrogen) atoms. The number of fused-ring (bicyclic) bond motifs is 3. The minimum absolute atomic E-state index is 0.000698. The molecule has 2 bridgehead atoms. The molecular weight excluding hydrogens is 348 g/mol. The Morgan fingerprint density at radius 2 is 1.93 bits per heavy atom. The minimum atomic E-state index is -0.000698. The molecule has 5 nitrogen and oxygen atoms in total. The summed E-state index contributed by atoms with van der Waals surface area (Å²) in [6.07, 6.45) is 5.37. The zero-order valence-corrected chi connectivity index (χ0v) is 15.9. The van der Waals surface area contributed by atoms with Gasteiger partial charge in [-0.2, -0.15) is 0 Å². The fourth-order valence-electron chi connectivity index (χ4n) is 5.20.